The highest BCUT2D eigenvalue weighted by Gasteiger charge is 2.06. The van der Waals surface area contributed by atoms with Crippen molar-refractivity contribution in [1.82, 2.24) is 14.6 Å². The summed E-state index contributed by atoms with van der Waals surface area (Å²) in [6, 6.07) is 3.32. The van der Waals surface area contributed by atoms with E-state index in [0.717, 1.165) is 5.82 Å². The lowest BCUT2D eigenvalue weighted by molar-refractivity contribution is 0.477. The first-order chi connectivity index (χ1) is 6.33. The van der Waals surface area contributed by atoms with E-state index >= 15 is 0 Å². The largest absolute Gasteiger partial charge is 0.504 e. The van der Waals surface area contributed by atoms with Crippen molar-refractivity contribution < 1.29 is 5.11 Å². The molecule has 2 aromatic heterocycles. The molecule has 0 aliphatic rings. The molecule has 68 valence electrons. The van der Waals surface area contributed by atoms with Gasteiger partial charge in [-0.3, -0.25) is 4.40 Å². The lowest BCUT2D eigenvalue weighted by Gasteiger charge is -1.97. The number of aromatic hydroxyl groups is 1. The highest BCUT2D eigenvalue weighted by molar-refractivity contribution is 5.51. The van der Waals surface area contributed by atoms with Crippen LogP contribution in [0.25, 0.3) is 5.65 Å². The van der Waals surface area contributed by atoms with E-state index in [-0.39, 0.29) is 5.75 Å². The Labute approximate surface area is 74.8 Å². The van der Waals surface area contributed by atoms with Crippen molar-refractivity contribution in [3.8, 4) is 5.75 Å². The average Bonchev–Trinajstić information content (AvgIpc) is 2.51. The summed E-state index contributed by atoms with van der Waals surface area (Å²) in [5.74, 6) is 0.909. The molecule has 0 bridgehead atoms. The molecule has 0 spiro atoms. The predicted octanol–water partition coefficient (Wildman–Crippen LogP) is -0.0639. The highest BCUT2D eigenvalue weighted by atomic mass is 16.3. The van der Waals surface area contributed by atoms with Gasteiger partial charge >= 0.3 is 0 Å². The normalized spacial score (nSPS) is 10.8. The van der Waals surface area contributed by atoms with Gasteiger partial charge in [0.05, 0.1) is 0 Å². The molecular formula is C8H10N4O. The number of pyridine rings is 1. The van der Waals surface area contributed by atoms with Crippen LogP contribution in [0.4, 0.5) is 0 Å². The van der Waals surface area contributed by atoms with Gasteiger partial charge in [-0.1, -0.05) is 0 Å². The summed E-state index contributed by atoms with van der Waals surface area (Å²) in [5, 5.41) is 17.2. The second-order valence-electron chi connectivity index (χ2n) is 2.74. The Balaban J connectivity index is 2.61. The first-order valence-electron chi connectivity index (χ1n) is 4.04. The fourth-order valence-corrected chi connectivity index (χ4v) is 1.25. The van der Waals surface area contributed by atoms with Crippen LogP contribution in [0, 0.1) is 0 Å². The molecule has 13 heavy (non-hydrogen) atoms. The molecule has 0 amide bonds. The topological polar surface area (TPSA) is 76.4 Å². The van der Waals surface area contributed by atoms with Crippen LogP contribution in [-0.2, 0) is 6.42 Å². The van der Waals surface area contributed by atoms with E-state index in [1.165, 1.54) is 0 Å². The number of fused-ring (bicyclic) bond motifs is 1. The van der Waals surface area contributed by atoms with Crippen molar-refractivity contribution in [2.45, 2.75) is 6.42 Å². The van der Waals surface area contributed by atoms with Crippen molar-refractivity contribution in [3.05, 3.63) is 24.2 Å². The van der Waals surface area contributed by atoms with Gasteiger partial charge in [-0.05, 0) is 18.7 Å². The molecule has 0 unspecified atom stereocenters. The number of nitrogens with two attached hydrogens (primary N) is 1. The van der Waals surface area contributed by atoms with Crippen molar-refractivity contribution in [2.24, 2.45) is 5.73 Å². The summed E-state index contributed by atoms with van der Waals surface area (Å²) in [4.78, 5) is 0. The molecule has 0 aliphatic heterocycles. The molecule has 0 fully saturated rings. The molecule has 3 N–H and O–H groups in total. The van der Waals surface area contributed by atoms with Crippen LogP contribution in [0.2, 0.25) is 0 Å². The van der Waals surface area contributed by atoms with Gasteiger partial charge in [0.2, 0.25) is 5.65 Å². The summed E-state index contributed by atoms with van der Waals surface area (Å²) in [5.41, 5.74) is 5.88. The summed E-state index contributed by atoms with van der Waals surface area (Å²) in [6.45, 7) is 0.524. The minimum absolute atomic E-state index is 0.137. The maximum Gasteiger partial charge on any atom is 0.203 e. The van der Waals surface area contributed by atoms with Crippen molar-refractivity contribution in [3.63, 3.8) is 0 Å². The van der Waals surface area contributed by atoms with Crippen molar-refractivity contribution >= 4 is 5.65 Å². The third kappa shape index (κ3) is 1.23. The summed E-state index contributed by atoms with van der Waals surface area (Å²) < 4.78 is 1.74. The minimum Gasteiger partial charge on any atom is -0.504 e. The molecule has 0 aliphatic carbocycles. The molecule has 2 rings (SSSR count). The van der Waals surface area contributed by atoms with E-state index in [2.05, 4.69) is 10.2 Å². The Hall–Kier alpha value is -1.62. The number of hydrogen-bond acceptors (Lipinski definition) is 4. The molecule has 0 radical (unpaired) electrons. The SMILES string of the molecule is NCCc1nnc2c(O)cccn12. The second kappa shape index (κ2) is 3.02. The maximum atomic E-state index is 9.40. The molecule has 5 nitrogen and oxygen atoms in total. The number of aromatic nitrogens is 3. The molecule has 5 heteroatoms. The molecular weight excluding hydrogens is 168 g/mol. The van der Waals surface area contributed by atoms with Crippen LogP contribution in [-0.4, -0.2) is 26.2 Å². The zero-order valence-electron chi connectivity index (χ0n) is 7.01. The Bertz CT molecular complexity index is 423. The highest BCUT2D eigenvalue weighted by Crippen LogP contribution is 2.15. The van der Waals surface area contributed by atoms with Crippen LogP contribution in [0.15, 0.2) is 18.3 Å². The number of nitrogens with zero attached hydrogens (tertiary/aromatic N) is 3. The second-order valence-corrected chi connectivity index (χ2v) is 2.74. The number of hydrogen-bond donors (Lipinski definition) is 2. The average molecular weight is 178 g/mol. The van der Waals surface area contributed by atoms with E-state index in [0.29, 0.717) is 18.6 Å². The van der Waals surface area contributed by atoms with Crippen LogP contribution < -0.4 is 5.73 Å². The summed E-state index contributed by atoms with van der Waals surface area (Å²) in [6.07, 6.45) is 2.46. The molecule has 2 heterocycles. The molecule has 0 saturated carbocycles. The van der Waals surface area contributed by atoms with E-state index in [1.54, 1.807) is 22.7 Å². The van der Waals surface area contributed by atoms with E-state index in [1.807, 2.05) is 0 Å². The van der Waals surface area contributed by atoms with Gasteiger partial charge in [0, 0.05) is 12.6 Å². The smallest absolute Gasteiger partial charge is 0.203 e. The van der Waals surface area contributed by atoms with Crippen LogP contribution in [0.3, 0.4) is 0 Å². The van der Waals surface area contributed by atoms with Crippen LogP contribution in [0.1, 0.15) is 5.82 Å². The Morgan fingerprint density at radius 2 is 2.31 bits per heavy atom. The number of rotatable bonds is 2. The maximum absolute atomic E-state index is 9.40. The van der Waals surface area contributed by atoms with E-state index in [9.17, 15) is 5.11 Å². The fraction of sp³-hybridized carbons (Fsp3) is 0.250. The quantitative estimate of drug-likeness (QED) is 0.675. The van der Waals surface area contributed by atoms with Crippen molar-refractivity contribution in [2.75, 3.05) is 6.54 Å². The summed E-state index contributed by atoms with van der Waals surface area (Å²) in [7, 11) is 0. The van der Waals surface area contributed by atoms with Crippen LogP contribution >= 0.6 is 0 Å². The first-order valence-corrected chi connectivity index (χ1v) is 4.04. The first kappa shape index (κ1) is 8.00. The standard InChI is InChI=1S/C8H10N4O/c9-4-3-7-10-11-8-6(13)2-1-5-12(7)8/h1-2,5,13H,3-4,9H2. The molecule has 0 aromatic carbocycles. The monoisotopic (exact) mass is 178 g/mol. The van der Waals surface area contributed by atoms with Gasteiger partial charge in [0.25, 0.3) is 0 Å². The molecule has 2 aromatic rings. The van der Waals surface area contributed by atoms with Gasteiger partial charge in [0.15, 0.2) is 5.75 Å². The van der Waals surface area contributed by atoms with E-state index < -0.39 is 0 Å². The lowest BCUT2D eigenvalue weighted by atomic mass is 10.4. The Kier molecular flexibility index (Phi) is 1.86. The van der Waals surface area contributed by atoms with Crippen LogP contribution in [0.5, 0.6) is 5.75 Å². The zero-order valence-corrected chi connectivity index (χ0v) is 7.01. The Morgan fingerprint density at radius 1 is 1.46 bits per heavy atom. The van der Waals surface area contributed by atoms with Crippen molar-refractivity contribution in [1.29, 1.82) is 0 Å². The van der Waals surface area contributed by atoms with E-state index in [4.69, 9.17) is 5.73 Å². The third-order valence-electron chi connectivity index (χ3n) is 1.85. The Morgan fingerprint density at radius 3 is 3.08 bits per heavy atom. The molecule has 0 atom stereocenters. The van der Waals surface area contributed by atoms with Gasteiger partial charge in [-0.15, -0.1) is 10.2 Å². The fourth-order valence-electron chi connectivity index (χ4n) is 1.25. The van der Waals surface area contributed by atoms with Gasteiger partial charge in [-0.25, -0.2) is 0 Å². The van der Waals surface area contributed by atoms with Gasteiger partial charge < -0.3 is 10.8 Å². The summed E-state index contributed by atoms with van der Waals surface area (Å²) >= 11 is 0. The van der Waals surface area contributed by atoms with Gasteiger partial charge in [-0.2, -0.15) is 0 Å². The van der Waals surface area contributed by atoms with Gasteiger partial charge in [0.1, 0.15) is 5.82 Å². The minimum atomic E-state index is 0.137. The zero-order chi connectivity index (χ0) is 9.26. The molecule has 0 saturated heterocycles. The third-order valence-corrected chi connectivity index (χ3v) is 1.85. The lowest BCUT2D eigenvalue weighted by Crippen LogP contribution is -2.06. The predicted molar refractivity (Wildman–Crippen MR) is 47.4 cm³/mol.